The summed E-state index contributed by atoms with van der Waals surface area (Å²) in [6.45, 7) is 0. The first-order chi connectivity index (χ1) is 8.04. The zero-order valence-corrected chi connectivity index (χ0v) is 10.8. The van der Waals surface area contributed by atoms with Gasteiger partial charge in [0, 0.05) is 16.7 Å². The number of ether oxygens (including phenoxy) is 2. The van der Waals surface area contributed by atoms with Crippen LogP contribution in [0.3, 0.4) is 0 Å². The van der Waals surface area contributed by atoms with Crippen LogP contribution in [0, 0.1) is 0 Å². The Labute approximate surface area is 109 Å². The minimum absolute atomic E-state index is 0.562. The number of methoxy groups -OCH3 is 1. The van der Waals surface area contributed by atoms with Crippen LogP contribution in [0.1, 0.15) is 0 Å². The lowest BCUT2D eigenvalue weighted by atomic mass is 10.4. The summed E-state index contributed by atoms with van der Waals surface area (Å²) >= 11 is 5.50. The molecule has 0 saturated heterocycles. The van der Waals surface area contributed by atoms with E-state index in [0.29, 0.717) is 6.07 Å². The molecule has 102 valence electrons. The summed E-state index contributed by atoms with van der Waals surface area (Å²) in [5, 5.41) is -0.601. The Bertz CT molecular complexity index is 561. The lowest BCUT2D eigenvalue weighted by Crippen LogP contribution is -2.18. The van der Waals surface area contributed by atoms with Crippen LogP contribution in [-0.2, 0) is 9.05 Å². The maximum atomic E-state index is 12.0. The third kappa shape index (κ3) is 3.79. The van der Waals surface area contributed by atoms with Crippen LogP contribution < -0.4 is 9.47 Å². The summed E-state index contributed by atoms with van der Waals surface area (Å²) in [6.07, 6.45) is -5.00. The summed E-state index contributed by atoms with van der Waals surface area (Å²) in [5.41, 5.74) is 0. The van der Waals surface area contributed by atoms with Gasteiger partial charge in [-0.2, -0.15) is 4.98 Å². The second-order valence-corrected chi connectivity index (χ2v) is 5.68. The van der Waals surface area contributed by atoms with Crippen LogP contribution in [0.25, 0.3) is 0 Å². The Morgan fingerprint density at radius 3 is 2.33 bits per heavy atom. The van der Waals surface area contributed by atoms with Gasteiger partial charge in [0.05, 0.1) is 12.1 Å². The number of aromatic nitrogens is 1. The first-order valence-electron chi connectivity index (χ1n) is 3.99. The molecule has 18 heavy (non-hydrogen) atoms. The first-order valence-corrected chi connectivity index (χ1v) is 6.68. The fourth-order valence-electron chi connectivity index (χ4n) is 0.989. The Morgan fingerprint density at radius 1 is 1.39 bits per heavy atom. The van der Waals surface area contributed by atoms with Gasteiger partial charge >= 0.3 is 6.36 Å². The molecular weight excluding hydrogens is 322 g/mol. The zero-order chi connectivity index (χ0) is 14.1. The molecule has 0 N–H and O–H groups in total. The molecule has 0 spiro atoms. The molecule has 0 aliphatic carbocycles. The summed E-state index contributed by atoms with van der Waals surface area (Å²) in [7, 11) is 1.70. The van der Waals surface area contributed by atoms with Crippen LogP contribution in [0.5, 0.6) is 11.8 Å². The van der Waals surface area contributed by atoms with E-state index in [1.165, 1.54) is 0 Å². The van der Waals surface area contributed by atoms with E-state index in [2.05, 4.69) is 14.5 Å². The summed E-state index contributed by atoms with van der Waals surface area (Å²) in [4.78, 5) is 2.46. The van der Waals surface area contributed by atoms with Crippen LogP contribution >= 0.6 is 22.3 Å². The Hall–Kier alpha value is -0.930. The number of alkyl halides is 3. The van der Waals surface area contributed by atoms with Gasteiger partial charge in [0.15, 0.2) is 4.90 Å². The Kier molecular flexibility index (Phi) is 4.19. The average Bonchev–Trinajstić information content (AvgIpc) is 2.11. The van der Waals surface area contributed by atoms with Crippen LogP contribution in [0.15, 0.2) is 11.0 Å². The van der Waals surface area contributed by atoms with Crippen molar-refractivity contribution >= 4 is 31.3 Å². The smallest absolute Gasteiger partial charge is 0.480 e. The van der Waals surface area contributed by atoms with E-state index >= 15 is 0 Å². The van der Waals surface area contributed by atoms with Crippen molar-refractivity contribution in [3.63, 3.8) is 0 Å². The van der Waals surface area contributed by atoms with Gasteiger partial charge in [0.2, 0.25) is 11.8 Å². The molecule has 1 rings (SSSR count). The van der Waals surface area contributed by atoms with Gasteiger partial charge in [0.1, 0.15) is 0 Å². The molecule has 0 bridgehead atoms. The van der Waals surface area contributed by atoms with Crippen molar-refractivity contribution in [1.29, 1.82) is 0 Å². The molecule has 5 nitrogen and oxygen atoms in total. The molecule has 0 unspecified atom stereocenters. The molecule has 0 fully saturated rings. The molecule has 0 aliphatic rings. The van der Waals surface area contributed by atoms with E-state index in [1.807, 2.05) is 0 Å². The SMILES string of the molecule is COc1nc(OC(F)(F)F)cc(Cl)c1S(=O)(=O)Cl. The predicted octanol–water partition coefficient (Wildman–Crippen LogP) is 2.57. The molecule has 1 aromatic rings. The van der Waals surface area contributed by atoms with E-state index in [-0.39, 0.29) is 0 Å². The van der Waals surface area contributed by atoms with Gasteiger partial charge < -0.3 is 9.47 Å². The molecular formula is C7H4Cl2F3NO4S. The Morgan fingerprint density at radius 2 is 1.94 bits per heavy atom. The average molecular weight is 326 g/mol. The molecule has 0 saturated carbocycles. The van der Waals surface area contributed by atoms with Crippen molar-refractivity contribution in [2.24, 2.45) is 0 Å². The normalized spacial score (nSPS) is 12.3. The lowest BCUT2D eigenvalue weighted by Gasteiger charge is -2.11. The standard InChI is InChI=1S/C7H4Cl2F3NO4S/c1-16-6-5(18(9,14)15)3(8)2-4(13-6)17-7(10,11)12/h2H,1H3. The zero-order valence-electron chi connectivity index (χ0n) is 8.46. The van der Waals surface area contributed by atoms with Gasteiger partial charge in [0.25, 0.3) is 9.05 Å². The highest BCUT2D eigenvalue weighted by molar-refractivity contribution is 8.13. The van der Waals surface area contributed by atoms with Crippen molar-refractivity contribution in [1.82, 2.24) is 4.98 Å². The van der Waals surface area contributed by atoms with E-state index in [1.54, 1.807) is 0 Å². The van der Waals surface area contributed by atoms with Crippen molar-refractivity contribution < 1.29 is 31.1 Å². The van der Waals surface area contributed by atoms with E-state index in [4.69, 9.17) is 22.3 Å². The summed E-state index contributed by atoms with van der Waals surface area (Å²) in [6, 6.07) is 0.562. The third-order valence-corrected chi connectivity index (χ3v) is 3.29. The maximum absolute atomic E-state index is 12.0. The number of rotatable bonds is 3. The minimum Gasteiger partial charge on any atom is -0.480 e. The molecule has 1 aromatic heterocycles. The molecule has 0 amide bonds. The second-order valence-electron chi connectivity index (χ2n) is 2.77. The van der Waals surface area contributed by atoms with E-state index in [9.17, 15) is 21.6 Å². The van der Waals surface area contributed by atoms with E-state index < -0.39 is 37.1 Å². The van der Waals surface area contributed by atoms with Crippen molar-refractivity contribution in [2.45, 2.75) is 11.3 Å². The van der Waals surface area contributed by atoms with Gasteiger partial charge in [-0.1, -0.05) is 11.6 Å². The summed E-state index contributed by atoms with van der Waals surface area (Å²) < 4.78 is 66.1. The molecule has 0 radical (unpaired) electrons. The topological polar surface area (TPSA) is 65.5 Å². The fourth-order valence-corrected chi connectivity index (χ4v) is 2.66. The van der Waals surface area contributed by atoms with Crippen LogP contribution in [0.2, 0.25) is 5.02 Å². The molecule has 0 atom stereocenters. The van der Waals surface area contributed by atoms with E-state index in [0.717, 1.165) is 7.11 Å². The molecule has 0 aliphatic heterocycles. The largest absolute Gasteiger partial charge is 0.574 e. The third-order valence-electron chi connectivity index (χ3n) is 1.53. The minimum atomic E-state index is -5.00. The highest BCUT2D eigenvalue weighted by atomic mass is 35.7. The number of pyridine rings is 1. The van der Waals surface area contributed by atoms with Gasteiger partial charge in [-0.25, -0.2) is 8.42 Å². The monoisotopic (exact) mass is 325 g/mol. The molecule has 11 heteroatoms. The summed E-state index contributed by atoms with van der Waals surface area (Å²) in [5.74, 6) is -1.66. The fraction of sp³-hybridized carbons (Fsp3) is 0.286. The first kappa shape index (κ1) is 15.1. The van der Waals surface area contributed by atoms with Gasteiger partial charge in [-0.3, -0.25) is 0 Å². The quantitative estimate of drug-likeness (QED) is 0.799. The lowest BCUT2D eigenvalue weighted by molar-refractivity contribution is -0.276. The number of hydrogen-bond acceptors (Lipinski definition) is 5. The number of nitrogens with zero attached hydrogens (tertiary/aromatic N) is 1. The number of halogens is 5. The maximum Gasteiger partial charge on any atom is 0.574 e. The highest BCUT2D eigenvalue weighted by Crippen LogP contribution is 2.36. The van der Waals surface area contributed by atoms with Gasteiger partial charge in [-0.05, 0) is 0 Å². The second kappa shape index (κ2) is 4.98. The van der Waals surface area contributed by atoms with Crippen molar-refractivity contribution in [3.8, 4) is 11.8 Å². The predicted molar refractivity (Wildman–Crippen MR) is 55.5 cm³/mol. The Balaban J connectivity index is 3.37. The number of hydrogen-bond donors (Lipinski definition) is 0. The van der Waals surface area contributed by atoms with Gasteiger partial charge in [-0.15, -0.1) is 13.2 Å². The van der Waals surface area contributed by atoms with Crippen LogP contribution in [-0.4, -0.2) is 26.9 Å². The molecule has 1 heterocycles. The van der Waals surface area contributed by atoms with Crippen molar-refractivity contribution in [2.75, 3.05) is 7.11 Å². The highest BCUT2D eigenvalue weighted by Gasteiger charge is 2.33. The van der Waals surface area contributed by atoms with Crippen molar-refractivity contribution in [3.05, 3.63) is 11.1 Å². The van der Waals surface area contributed by atoms with Crippen LogP contribution in [0.4, 0.5) is 13.2 Å². The molecule has 0 aromatic carbocycles.